The molecule has 0 atom stereocenters. The summed E-state index contributed by atoms with van der Waals surface area (Å²) in [5.41, 5.74) is 2.13. The second-order valence-electron chi connectivity index (χ2n) is 2.96. The van der Waals surface area contributed by atoms with E-state index in [4.69, 9.17) is 16.0 Å². The first-order valence-corrected chi connectivity index (χ1v) is 4.45. The molecular weight excluding hydrogens is 184 g/mol. The molecule has 0 fully saturated rings. The Labute approximate surface area is 82.0 Å². The van der Waals surface area contributed by atoms with Crippen molar-refractivity contribution in [2.45, 2.75) is 6.92 Å². The molecule has 0 radical (unpaired) electrons. The largest absolute Gasteiger partial charge is 0.464 e. The Morgan fingerprint density at radius 2 is 2.08 bits per heavy atom. The van der Waals surface area contributed by atoms with Gasteiger partial charge >= 0.3 is 0 Å². The summed E-state index contributed by atoms with van der Waals surface area (Å²) in [6.45, 7) is 2.03. The van der Waals surface area contributed by atoms with Crippen molar-refractivity contribution in [1.82, 2.24) is 0 Å². The molecule has 66 valence electrons. The molecule has 0 spiro atoms. The Balaban J connectivity index is 2.57. The maximum atomic E-state index is 6.03. The molecular formula is C11H9ClO. The van der Waals surface area contributed by atoms with E-state index in [1.54, 1.807) is 6.26 Å². The second-order valence-corrected chi connectivity index (χ2v) is 3.37. The van der Waals surface area contributed by atoms with Crippen LogP contribution in [-0.4, -0.2) is 0 Å². The highest BCUT2D eigenvalue weighted by Crippen LogP contribution is 2.28. The van der Waals surface area contributed by atoms with Gasteiger partial charge in [-0.25, -0.2) is 0 Å². The molecule has 1 aromatic heterocycles. The second kappa shape index (κ2) is 3.27. The molecule has 0 saturated carbocycles. The van der Waals surface area contributed by atoms with Gasteiger partial charge in [0.05, 0.1) is 11.3 Å². The Morgan fingerprint density at radius 1 is 1.23 bits per heavy atom. The summed E-state index contributed by atoms with van der Waals surface area (Å²) in [5.74, 6) is 0.814. The number of furan rings is 1. The molecule has 0 saturated heterocycles. The number of benzene rings is 1. The number of aryl methyl sites for hydroxylation is 1. The first kappa shape index (κ1) is 8.39. The fourth-order valence-corrected chi connectivity index (χ4v) is 1.47. The van der Waals surface area contributed by atoms with E-state index < -0.39 is 0 Å². The third kappa shape index (κ3) is 1.61. The van der Waals surface area contributed by atoms with Crippen LogP contribution in [0.15, 0.2) is 41.0 Å². The van der Waals surface area contributed by atoms with Crippen molar-refractivity contribution in [1.29, 1.82) is 0 Å². The zero-order valence-electron chi connectivity index (χ0n) is 7.25. The van der Waals surface area contributed by atoms with Gasteiger partial charge in [-0.3, -0.25) is 0 Å². The molecule has 2 heteroatoms. The summed E-state index contributed by atoms with van der Waals surface area (Å²) in [6.07, 6.45) is 1.65. The summed E-state index contributed by atoms with van der Waals surface area (Å²) in [5, 5.41) is 0.723. The molecule has 2 rings (SSSR count). The van der Waals surface area contributed by atoms with E-state index in [9.17, 15) is 0 Å². The molecule has 0 aliphatic rings. The van der Waals surface area contributed by atoms with Crippen molar-refractivity contribution in [2.75, 3.05) is 0 Å². The van der Waals surface area contributed by atoms with Crippen molar-refractivity contribution in [3.63, 3.8) is 0 Å². The highest BCUT2D eigenvalue weighted by molar-refractivity contribution is 6.33. The van der Waals surface area contributed by atoms with Crippen LogP contribution in [0, 0.1) is 6.92 Å². The predicted octanol–water partition coefficient (Wildman–Crippen LogP) is 3.91. The van der Waals surface area contributed by atoms with Crippen LogP contribution < -0.4 is 0 Å². The zero-order chi connectivity index (χ0) is 9.26. The molecule has 0 aliphatic carbocycles. The fourth-order valence-electron chi connectivity index (χ4n) is 1.26. The summed E-state index contributed by atoms with van der Waals surface area (Å²) < 4.78 is 5.27. The van der Waals surface area contributed by atoms with Crippen LogP contribution in [0.4, 0.5) is 0 Å². The van der Waals surface area contributed by atoms with Crippen LogP contribution in [-0.2, 0) is 0 Å². The first-order valence-electron chi connectivity index (χ1n) is 4.07. The smallest absolute Gasteiger partial charge is 0.135 e. The van der Waals surface area contributed by atoms with E-state index in [1.807, 2.05) is 37.3 Å². The van der Waals surface area contributed by atoms with E-state index in [1.165, 1.54) is 5.56 Å². The number of hydrogen-bond acceptors (Lipinski definition) is 1. The Hall–Kier alpha value is -1.21. The zero-order valence-corrected chi connectivity index (χ0v) is 8.01. The molecule has 1 nitrogen and oxygen atoms in total. The minimum Gasteiger partial charge on any atom is -0.464 e. The maximum Gasteiger partial charge on any atom is 0.135 e. The normalized spacial score (nSPS) is 10.3. The van der Waals surface area contributed by atoms with Crippen LogP contribution in [0.1, 0.15) is 5.56 Å². The summed E-state index contributed by atoms with van der Waals surface area (Å²) >= 11 is 6.03. The minimum atomic E-state index is 0.723. The minimum absolute atomic E-state index is 0.723. The highest BCUT2D eigenvalue weighted by atomic mass is 35.5. The van der Waals surface area contributed by atoms with Crippen molar-refractivity contribution in [3.8, 4) is 11.3 Å². The maximum absolute atomic E-state index is 6.03. The molecule has 2 aromatic rings. The van der Waals surface area contributed by atoms with E-state index in [2.05, 4.69) is 0 Å². The Kier molecular flexibility index (Phi) is 2.11. The standard InChI is InChI=1S/C11H9ClO/c1-8-4-5-10(12)9(7-8)11-3-2-6-13-11/h2-7H,1H3. The average Bonchev–Trinajstić information content (AvgIpc) is 2.61. The average molecular weight is 193 g/mol. The van der Waals surface area contributed by atoms with Crippen LogP contribution in [0.2, 0.25) is 5.02 Å². The van der Waals surface area contributed by atoms with Crippen molar-refractivity contribution in [3.05, 3.63) is 47.2 Å². The van der Waals surface area contributed by atoms with Gasteiger partial charge in [-0.1, -0.05) is 23.2 Å². The third-order valence-electron chi connectivity index (χ3n) is 1.91. The molecule has 1 heterocycles. The summed E-state index contributed by atoms with van der Waals surface area (Å²) in [4.78, 5) is 0. The SMILES string of the molecule is Cc1ccc(Cl)c(-c2ccco2)c1. The van der Waals surface area contributed by atoms with E-state index in [0.29, 0.717) is 0 Å². The van der Waals surface area contributed by atoms with Crippen LogP contribution in [0.25, 0.3) is 11.3 Å². The fraction of sp³-hybridized carbons (Fsp3) is 0.0909. The third-order valence-corrected chi connectivity index (χ3v) is 2.24. The van der Waals surface area contributed by atoms with Crippen molar-refractivity contribution >= 4 is 11.6 Å². The Bertz CT molecular complexity index is 404. The molecule has 0 N–H and O–H groups in total. The van der Waals surface area contributed by atoms with Crippen LogP contribution in [0.3, 0.4) is 0 Å². The lowest BCUT2D eigenvalue weighted by Crippen LogP contribution is -1.78. The molecule has 13 heavy (non-hydrogen) atoms. The lowest BCUT2D eigenvalue weighted by molar-refractivity contribution is 0.582. The number of hydrogen-bond donors (Lipinski definition) is 0. The molecule has 0 amide bonds. The lowest BCUT2D eigenvalue weighted by atomic mass is 10.1. The van der Waals surface area contributed by atoms with Gasteiger partial charge in [-0.05, 0) is 31.2 Å². The van der Waals surface area contributed by atoms with E-state index in [0.717, 1.165) is 16.3 Å². The monoisotopic (exact) mass is 192 g/mol. The van der Waals surface area contributed by atoms with Gasteiger partial charge in [0, 0.05) is 5.56 Å². The topological polar surface area (TPSA) is 13.1 Å². The van der Waals surface area contributed by atoms with Gasteiger partial charge in [-0.15, -0.1) is 0 Å². The lowest BCUT2D eigenvalue weighted by Gasteiger charge is -2.01. The summed E-state index contributed by atoms with van der Waals surface area (Å²) in [6, 6.07) is 9.64. The predicted molar refractivity (Wildman–Crippen MR) is 53.9 cm³/mol. The molecule has 1 aromatic carbocycles. The molecule has 0 unspecified atom stereocenters. The van der Waals surface area contributed by atoms with Gasteiger partial charge in [0.1, 0.15) is 5.76 Å². The van der Waals surface area contributed by atoms with E-state index >= 15 is 0 Å². The van der Waals surface area contributed by atoms with Crippen molar-refractivity contribution in [2.24, 2.45) is 0 Å². The number of halogens is 1. The van der Waals surface area contributed by atoms with Crippen molar-refractivity contribution < 1.29 is 4.42 Å². The Morgan fingerprint density at radius 3 is 2.77 bits per heavy atom. The van der Waals surface area contributed by atoms with Crippen LogP contribution >= 0.6 is 11.6 Å². The quantitative estimate of drug-likeness (QED) is 0.668. The van der Waals surface area contributed by atoms with E-state index in [-0.39, 0.29) is 0 Å². The van der Waals surface area contributed by atoms with Crippen LogP contribution in [0.5, 0.6) is 0 Å². The van der Waals surface area contributed by atoms with Gasteiger partial charge in [0.15, 0.2) is 0 Å². The highest BCUT2D eigenvalue weighted by Gasteiger charge is 2.05. The van der Waals surface area contributed by atoms with Gasteiger partial charge < -0.3 is 4.42 Å². The van der Waals surface area contributed by atoms with Gasteiger partial charge in [-0.2, -0.15) is 0 Å². The molecule has 0 bridgehead atoms. The van der Waals surface area contributed by atoms with Gasteiger partial charge in [0.25, 0.3) is 0 Å². The summed E-state index contributed by atoms with van der Waals surface area (Å²) in [7, 11) is 0. The first-order chi connectivity index (χ1) is 6.27. The number of rotatable bonds is 1. The molecule has 0 aliphatic heterocycles. The van der Waals surface area contributed by atoms with Gasteiger partial charge in [0.2, 0.25) is 0 Å².